The van der Waals surface area contributed by atoms with E-state index in [2.05, 4.69) is 15.6 Å². The first-order valence-electron chi connectivity index (χ1n) is 12.1. The van der Waals surface area contributed by atoms with Gasteiger partial charge in [0.15, 0.2) is 0 Å². The smallest absolute Gasteiger partial charge is 0.326 e. The van der Waals surface area contributed by atoms with Crippen molar-refractivity contribution in [2.75, 3.05) is 6.54 Å². The zero-order valence-electron chi connectivity index (χ0n) is 20.7. The van der Waals surface area contributed by atoms with Crippen molar-refractivity contribution in [3.63, 3.8) is 0 Å². The highest BCUT2D eigenvalue weighted by atomic mass is 16.4. The molecule has 0 spiro atoms. The molecule has 36 heavy (non-hydrogen) atoms. The average molecular weight is 502 g/mol. The third-order valence-corrected chi connectivity index (χ3v) is 6.62. The van der Waals surface area contributed by atoms with Gasteiger partial charge in [0.1, 0.15) is 18.1 Å². The van der Waals surface area contributed by atoms with Crippen LogP contribution in [0.15, 0.2) is 30.5 Å². The number of fused-ring (bicyclic) bond motifs is 1. The summed E-state index contributed by atoms with van der Waals surface area (Å²) in [5.41, 5.74) is 7.53. The quantitative estimate of drug-likeness (QED) is 0.268. The fraction of sp³-hybridized carbons (Fsp3) is 0.520. The summed E-state index contributed by atoms with van der Waals surface area (Å²) >= 11 is 0. The van der Waals surface area contributed by atoms with Gasteiger partial charge in [0.2, 0.25) is 17.7 Å². The molecule has 7 N–H and O–H groups in total. The number of rotatable bonds is 10. The summed E-state index contributed by atoms with van der Waals surface area (Å²) in [5, 5.41) is 25.7. The number of aliphatic carboxylic acids is 1. The third-order valence-electron chi connectivity index (χ3n) is 6.62. The van der Waals surface area contributed by atoms with Crippen molar-refractivity contribution < 1.29 is 29.4 Å². The SMILES string of the molecule is CC(C)C(N)C(=O)N1CCCC1C(=O)NC(C(=O)NC(Cc1c[nH]c2ccccc12)C(=O)O)C(C)O. The summed E-state index contributed by atoms with van der Waals surface area (Å²) in [6, 6.07) is 3.12. The predicted octanol–water partition coefficient (Wildman–Crippen LogP) is 0.120. The Morgan fingerprint density at radius 2 is 1.86 bits per heavy atom. The first kappa shape index (κ1) is 27.2. The summed E-state index contributed by atoms with van der Waals surface area (Å²) in [4.78, 5) is 55.2. The number of nitrogens with zero attached hydrogens (tertiary/aromatic N) is 1. The van der Waals surface area contributed by atoms with E-state index < -0.39 is 48.1 Å². The molecule has 2 aromatic rings. The minimum absolute atomic E-state index is 0.00353. The number of aromatic nitrogens is 1. The summed E-state index contributed by atoms with van der Waals surface area (Å²) in [6.45, 7) is 5.33. The van der Waals surface area contributed by atoms with Gasteiger partial charge in [-0.25, -0.2) is 4.79 Å². The van der Waals surface area contributed by atoms with Crippen LogP contribution in [0.25, 0.3) is 10.9 Å². The molecule has 11 heteroatoms. The second kappa shape index (κ2) is 11.5. The summed E-state index contributed by atoms with van der Waals surface area (Å²) in [6.07, 6.45) is 1.39. The fourth-order valence-corrected chi connectivity index (χ4v) is 4.42. The first-order valence-corrected chi connectivity index (χ1v) is 12.1. The number of hydrogen-bond donors (Lipinski definition) is 6. The van der Waals surface area contributed by atoms with Crippen molar-refractivity contribution in [2.24, 2.45) is 11.7 Å². The Labute approximate surface area is 209 Å². The molecule has 196 valence electrons. The average Bonchev–Trinajstić information content (AvgIpc) is 3.48. The lowest BCUT2D eigenvalue weighted by Gasteiger charge is -2.30. The molecule has 0 radical (unpaired) electrons. The monoisotopic (exact) mass is 501 g/mol. The number of likely N-dealkylation sites (tertiary alicyclic amines) is 1. The third kappa shape index (κ3) is 6.03. The highest BCUT2D eigenvalue weighted by Gasteiger charge is 2.39. The Bertz CT molecular complexity index is 1110. The van der Waals surface area contributed by atoms with Gasteiger partial charge in [0.05, 0.1) is 12.1 Å². The number of nitrogens with one attached hydrogen (secondary N) is 3. The second-order valence-electron chi connectivity index (χ2n) is 9.65. The van der Waals surface area contributed by atoms with Gasteiger partial charge in [0, 0.05) is 30.1 Å². The van der Waals surface area contributed by atoms with Crippen molar-refractivity contribution in [3.05, 3.63) is 36.0 Å². The number of H-pyrrole nitrogens is 1. The number of amides is 3. The summed E-state index contributed by atoms with van der Waals surface area (Å²) in [5.74, 6) is -3.13. The highest BCUT2D eigenvalue weighted by Crippen LogP contribution is 2.21. The normalized spacial score (nSPS) is 19.1. The number of hydrogen-bond acceptors (Lipinski definition) is 6. The minimum atomic E-state index is -1.40. The zero-order valence-corrected chi connectivity index (χ0v) is 20.7. The van der Waals surface area contributed by atoms with Crippen LogP contribution in [-0.4, -0.2) is 80.6 Å². The van der Waals surface area contributed by atoms with Crippen molar-refractivity contribution in [1.29, 1.82) is 0 Å². The van der Waals surface area contributed by atoms with Gasteiger partial charge in [-0.3, -0.25) is 14.4 Å². The van der Waals surface area contributed by atoms with Gasteiger partial charge in [0.25, 0.3) is 0 Å². The van der Waals surface area contributed by atoms with Gasteiger partial charge in [-0.05, 0) is 37.3 Å². The maximum Gasteiger partial charge on any atom is 0.326 e. The van der Waals surface area contributed by atoms with E-state index in [-0.39, 0.29) is 18.2 Å². The van der Waals surface area contributed by atoms with Crippen LogP contribution in [0, 0.1) is 5.92 Å². The number of benzene rings is 1. The van der Waals surface area contributed by atoms with Crippen LogP contribution in [0.2, 0.25) is 0 Å². The molecule has 1 aliphatic heterocycles. The Balaban J connectivity index is 1.70. The van der Waals surface area contributed by atoms with E-state index in [0.29, 0.717) is 24.9 Å². The van der Waals surface area contributed by atoms with Crippen LogP contribution >= 0.6 is 0 Å². The molecule has 2 heterocycles. The molecule has 5 unspecified atom stereocenters. The first-order chi connectivity index (χ1) is 17.0. The number of aromatic amines is 1. The number of carbonyl (C=O) groups is 4. The molecule has 5 atom stereocenters. The lowest BCUT2D eigenvalue weighted by molar-refractivity contribution is -0.144. The van der Waals surface area contributed by atoms with E-state index in [0.717, 1.165) is 10.9 Å². The van der Waals surface area contributed by atoms with Crippen molar-refractivity contribution in [3.8, 4) is 0 Å². The Morgan fingerprint density at radius 3 is 2.50 bits per heavy atom. The van der Waals surface area contributed by atoms with Crippen molar-refractivity contribution in [2.45, 2.75) is 70.3 Å². The molecule has 1 fully saturated rings. The molecular formula is C25H35N5O6. The van der Waals surface area contributed by atoms with Crippen molar-refractivity contribution >= 4 is 34.6 Å². The summed E-state index contributed by atoms with van der Waals surface area (Å²) < 4.78 is 0. The van der Waals surface area contributed by atoms with E-state index in [4.69, 9.17) is 5.73 Å². The van der Waals surface area contributed by atoms with Gasteiger partial charge in [-0.2, -0.15) is 0 Å². The molecule has 1 aliphatic rings. The maximum atomic E-state index is 13.0. The molecule has 0 saturated carbocycles. The number of para-hydroxylation sites is 1. The molecular weight excluding hydrogens is 466 g/mol. The Hall–Kier alpha value is -3.44. The molecule has 0 bridgehead atoms. The van der Waals surface area contributed by atoms with Crippen LogP contribution in [0.5, 0.6) is 0 Å². The number of nitrogens with two attached hydrogens (primary N) is 1. The maximum absolute atomic E-state index is 13.0. The summed E-state index contributed by atoms with van der Waals surface area (Å²) in [7, 11) is 0. The van der Waals surface area contributed by atoms with E-state index in [9.17, 15) is 29.4 Å². The molecule has 3 rings (SSSR count). The van der Waals surface area contributed by atoms with Gasteiger partial charge < -0.3 is 36.5 Å². The molecule has 0 aliphatic carbocycles. The van der Waals surface area contributed by atoms with Gasteiger partial charge in [-0.1, -0.05) is 32.0 Å². The lowest BCUT2D eigenvalue weighted by Crippen LogP contribution is -2.59. The molecule has 11 nitrogen and oxygen atoms in total. The van der Waals surface area contributed by atoms with E-state index >= 15 is 0 Å². The number of aliphatic hydroxyl groups is 1. The van der Waals surface area contributed by atoms with Crippen molar-refractivity contribution in [1.82, 2.24) is 20.5 Å². The number of carbonyl (C=O) groups excluding carboxylic acids is 3. The predicted molar refractivity (Wildman–Crippen MR) is 133 cm³/mol. The highest BCUT2D eigenvalue weighted by molar-refractivity contribution is 5.95. The Morgan fingerprint density at radius 1 is 1.17 bits per heavy atom. The Kier molecular flexibility index (Phi) is 8.70. The molecule has 1 saturated heterocycles. The van der Waals surface area contributed by atoms with Crippen LogP contribution in [0.1, 0.15) is 39.2 Å². The van der Waals surface area contributed by atoms with E-state index in [1.54, 1.807) is 6.20 Å². The number of carboxylic acid groups (broad SMARTS) is 1. The minimum Gasteiger partial charge on any atom is -0.480 e. The van der Waals surface area contributed by atoms with Crippen LogP contribution in [0.3, 0.4) is 0 Å². The van der Waals surface area contributed by atoms with Gasteiger partial charge >= 0.3 is 5.97 Å². The number of carboxylic acids is 1. The fourth-order valence-electron chi connectivity index (χ4n) is 4.42. The van der Waals surface area contributed by atoms with Crippen LogP contribution in [-0.2, 0) is 25.6 Å². The van der Waals surface area contributed by atoms with E-state index in [1.165, 1.54) is 11.8 Å². The second-order valence-corrected chi connectivity index (χ2v) is 9.65. The lowest BCUT2D eigenvalue weighted by atomic mass is 10.0. The molecule has 3 amide bonds. The largest absolute Gasteiger partial charge is 0.480 e. The van der Waals surface area contributed by atoms with Crippen LogP contribution < -0.4 is 16.4 Å². The van der Waals surface area contributed by atoms with E-state index in [1.807, 2.05) is 38.1 Å². The van der Waals surface area contributed by atoms with Crippen LogP contribution in [0.4, 0.5) is 0 Å². The topological polar surface area (TPSA) is 178 Å². The number of aliphatic hydroxyl groups excluding tert-OH is 1. The molecule has 1 aromatic heterocycles. The standard InChI is InChI=1S/C25H35N5O6/c1-13(2)20(26)24(34)30-10-6-9-19(30)22(32)29-21(14(3)31)23(33)28-18(25(35)36)11-15-12-27-17-8-5-4-7-16(15)17/h4-5,7-8,12-14,18-21,27,31H,6,9-11,26H2,1-3H3,(H,28,33)(H,29,32)(H,35,36). The van der Waals surface area contributed by atoms with Gasteiger partial charge in [-0.15, -0.1) is 0 Å². The zero-order chi connectivity index (χ0) is 26.6. The molecule has 1 aromatic carbocycles.